The van der Waals surface area contributed by atoms with Crippen LogP contribution < -0.4 is 5.32 Å². The van der Waals surface area contributed by atoms with Gasteiger partial charge in [0.25, 0.3) is 0 Å². The molecule has 1 N–H and O–H groups in total. The molecule has 0 aromatic heterocycles. The van der Waals surface area contributed by atoms with Crippen molar-refractivity contribution in [2.75, 3.05) is 18.1 Å². The van der Waals surface area contributed by atoms with Gasteiger partial charge in [0.15, 0.2) is 0 Å². The highest BCUT2D eigenvalue weighted by atomic mass is 32.2. The van der Waals surface area contributed by atoms with Crippen molar-refractivity contribution < 1.29 is 14.3 Å². The number of ether oxygens (including phenoxy) is 2. The minimum atomic E-state index is -0.489. The van der Waals surface area contributed by atoms with E-state index < -0.39 is 11.7 Å². The van der Waals surface area contributed by atoms with Gasteiger partial charge in [0, 0.05) is 5.75 Å². The monoisotopic (exact) mass is 325 g/mol. The van der Waals surface area contributed by atoms with Gasteiger partial charge in [-0.15, -0.1) is 0 Å². The van der Waals surface area contributed by atoms with Gasteiger partial charge >= 0.3 is 6.09 Å². The first-order valence-corrected chi connectivity index (χ1v) is 8.75. The van der Waals surface area contributed by atoms with Crippen molar-refractivity contribution in [1.82, 2.24) is 5.32 Å². The largest absolute Gasteiger partial charge is 0.444 e. The molecule has 0 unspecified atom stereocenters. The average molecular weight is 325 g/mol. The smallest absolute Gasteiger partial charge is 0.407 e. The van der Waals surface area contributed by atoms with Gasteiger partial charge in [0.05, 0.1) is 19.3 Å². The van der Waals surface area contributed by atoms with Gasteiger partial charge in [-0.25, -0.2) is 4.79 Å². The molecular weight excluding hydrogens is 298 g/mol. The molecule has 0 fully saturated rings. The van der Waals surface area contributed by atoms with Crippen LogP contribution in [-0.2, 0) is 16.1 Å². The molecule has 0 heterocycles. The van der Waals surface area contributed by atoms with Crippen molar-refractivity contribution in [3.8, 4) is 0 Å². The quantitative estimate of drug-likeness (QED) is 0.788. The third kappa shape index (κ3) is 8.95. The van der Waals surface area contributed by atoms with Crippen molar-refractivity contribution in [1.29, 1.82) is 0 Å². The molecular formula is C17H27NO3S. The maximum absolute atomic E-state index is 11.9. The summed E-state index contributed by atoms with van der Waals surface area (Å²) >= 11 is 1.77. The third-order valence-corrected chi connectivity index (χ3v) is 3.72. The van der Waals surface area contributed by atoms with Gasteiger partial charge in [-0.05, 0) is 32.1 Å². The minimum Gasteiger partial charge on any atom is -0.444 e. The minimum absolute atomic E-state index is 0.0523. The molecule has 1 atom stereocenters. The van der Waals surface area contributed by atoms with E-state index in [1.165, 1.54) is 0 Å². The number of rotatable bonds is 8. The number of carbonyl (C=O) groups excluding carboxylic acids is 1. The molecule has 0 bridgehead atoms. The number of nitrogens with one attached hydrogen (secondary N) is 1. The first-order chi connectivity index (χ1) is 10.4. The van der Waals surface area contributed by atoms with Crippen LogP contribution in [0.2, 0.25) is 0 Å². The number of alkyl carbamates (subject to hydrolysis) is 1. The Morgan fingerprint density at radius 2 is 1.95 bits per heavy atom. The summed E-state index contributed by atoms with van der Waals surface area (Å²) in [5.41, 5.74) is 0.638. The van der Waals surface area contributed by atoms with E-state index in [2.05, 4.69) is 12.2 Å². The lowest BCUT2D eigenvalue weighted by Gasteiger charge is -2.23. The second-order valence-electron chi connectivity index (χ2n) is 6.00. The van der Waals surface area contributed by atoms with Crippen LogP contribution in [0.25, 0.3) is 0 Å². The lowest BCUT2D eigenvalue weighted by molar-refractivity contribution is 0.0445. The van der Waals surface area contributed by atoms with E-state index in [4.69, 9.17) is 9.47 Å². The van der Waals surface area contributed by atoms with E-state index in [9.17, 15) is 4.79 Å². The Hall–Kier alpha value is -1.20. The van der Waals surface area contributed by atoms with Crippen molar-refractivity contribution in [2.24, 2.45) is 0 Å². The highest BCUT2D eigenvalue weighted by molar-refractivity contribution is 7.99. The molecule has 1 aromatic rings. The van der Waals surface area contributed by atoms with Gasteiger partial charge < -0.3 is 14.8 Å². The zero-order valence-corrected chi connectivity index (χ0v) is 14.7. The maximum atomic E-state index is 11.9. The molecule has 5 heteroatoms. The number of benzene rings is 1. The summed E-state index contributed by atoms with van der Waals surface area (Å²) in [5, 5.41) is 2.89. The van der Waals surface area contributed by atoms with Crippen LogP contribution in [0, 0.1) is 0 Å². The van der Waals surface area contributed by atoms with E-state index in [1.807, 2.05) is 51.1 Å². The Morgan fingerprint density at radius 1 is 1.27 bits per heavy atom. The van der Waals surface area contributed by atoms with Crippen molar-refractivity contribution in [3.63, 3.8) is 0 Å². The van der Waals surface area contributed by atoms with Crippen LogP contribution in [0.4, 0.5) is 4.79 Å². The van der Waals surface area contributed by atoms with Gasteiger partial charge in [0.1, 0.15) is 5.60 Å². The summed E-state index contributed by atoms with van der Waals surface area (Å²) in [6, 6.07) is 9.95. The third-order valence-electron chi connectivity index (χ3n) is 2.67. The van der Waals surface area contributed by atoms with E-state index >= 15 is 0 Å². The zero-order valence-electron chi connectivity index (χ0n) is 13.9. The Bertz CT molecular complexity index is 431. The molecule has 0 aliphatic carbocycles. The van der Waals surface area contributed by atoms with Crippen LogP contribution in [0.3, 0.4) is 0 Å². The Balaban J connectivity index is 2.41. The summed E-state index contributed by atoms with van der Waals surface area (Å²) in [6.45, 7) is 8.68. The zero-order chi connectivity index (χ0) is 16.4. The highest BCUT2D eigenvalue weighted by Gasteiger charge is 2.19. The molecule has 1 amide bonds. The molecule has 0 radical (unpaired) electrons. The van der Waals surface area contributed by atoms with E-state index in [0.29, 0.717) is 13.2 Å². The van der Waals surface area contributed by atoms with Crippen LogP contribution in [0.1, 0.15) is 33.3 Å². The molecule has 0 saturated carbocycles. The Morgan fingerprint density at radius 3 is 2.55 bits per heavy atom. The fraction of sp³-hybridized carbons (Fsp3) is 0.588. The number of carbonyl (C=O) groups is 1. The van der Waals surface area contributed by atoms with E-state index in [1.54, 1.807) is 11.8 Å². The second-order valence-corrected chi connectivity index (χ2v) is 7.32. The molecule has 124 valence electrons. The molecule has 0 aliphatic rings. The number of amides is 1. The van der Waals surface area contributed by atoms with E-state index in [0.717, 1.165) is 17.1 Å². The second kappa shape index (κ2) is 9.74. The lowest BCUT2D eigenvalue weighted by Crippen LogP contribution is -2.43. The van der Waals surface area contributed by atoms with Crippen molar-refractivity contribution in [3.05, 3.63) is 35.9 Å². The number of hydrogen-bond acceptors (Lipinski definition) is 4. The normalized spacial score (nSPS) is 12.7. The van der Waals surface area contributed by atoms with Crippen molar-refractivity contribution >= 4 is 17.9 Å². The molecule has 22 heavy (non-hydrogen) atoms. The topological polar surface area (TPSA) is 47.6 Å². The molecule has 1 aromatic carbocycles. The van der Waals surface area contributed by atoms with Crippen LogP contribution >= 0.6 is 11.8 Å². The fourth-order valence-corrected chi connectivity index (χ4v) is 2.46. The summed E-state index contributed by atoms with van der Waals surface area (Å²) in [5.74, 6) is 1.82. The van der Waals surface area contributed by atoms with Crippen molar-refractivity contribution in [2.45, 2.75) is 45.9 Å². The number of hydrogen-bond donors (Lipinski definition) is 1. The van der Waals surface area contributed by atoms with E-state index in [-0.39, 0.29) is 6.04 Å². The highest BCUT2D eigenvalue weighted by Crippen LogP contribution is 2.09. The van der Waals surface area contributed by atoms with Crippen LogP contribution in [-0.4, -0.2) is 35.8 Å². The summed E-state index contributed by atoms with van der Waals surface area (Å²) in [7, 11) is 0. The lowest BCUT2D eigenvalue weighted by atomic mass is 10.2. The Labute approximate surface area is 138 Å². The van der Waals surface area contributed by atoms with Crippen LogP contribution in [0.15, 0.2) is 30.3 Å². The summed E-state index contributed by atoms with van der Waals surface area (Å²) < 4.78 is 11.0. The molecule has 0 saturated heterocycles. The molecule has 0 spiro atoms. The summed E-state index contributed by atoms with van der Waals surface area (Å²) in [6.07, 6.45) is -0.391. The van der Waals surface area contributed by atoms with Gasteiger partial charge in [0.2, 0.25) is 0 Å². The standard InChI is InChI=1S/C17H27NO3S/c1-5-22-13-15(18-16(19)21-17(2,3)4)12-20-11-14-9-7-6-8-10-14/h6-10,15H,5,11-13H2,1-4H3,(H,18,19)/t15-/m0/s1. The fourth-order valence-electron chi connectivity index (χ4n) is 1.76. The first-order valence-electron chi connectivity index (χ1n) is 7.59. The molecule has 1 rings (SSSR count). The average Bonchev–Trinajstić information content (AvgIpc) is 2.43. The van der Waals surface area contributed by atoms with Gasteiger partial charge in [-0.1, -0.05) is 37.3 Å². The predicted octanol–water partition coefficient (Wildman–Crippen LogP) is 3.85. The van der Waals surface area contributed by atoms with Crippen LogP contribution in [0.5, 0.6) is 0 Å². The SMILES string of the molecule is CCSC[C@H](COCc1ccccc1)NC(=O)OC(C)(C)C. The van der Waals surface area contributed by atoms with Gasteiger partial charge in [-0.2, -0.15) is 11.8 Å². The predicted molar refractivity (Wildman–Crippen MR) is 92.3 cm³/mol. The maximum Gasteiger partial charge on any atom is 0.407 e. The first kappa shape index (κ1) is 18.8. The number of thioether (sulfide) groups is 1. The summed E-state index contributed by atoms with van der Waals surface area (Å²) in [4.78, 5) is 11.9. The molecule has 4 nitrogen and oxygen atoms in total. The Kier molecular flexibility index (Phi) is 8.35. The molecule has 0 aliphatic heterocycles. The van der Waals surface area contributed by atoms with Gasteiger partial charge in [-0.3, -0.25) is 0 Å².